The molecule has 0 spiro atoms. The van der Waals surface area contributed by atoms with E-state index in [0.29, 0.717) is 17.9 Å². The molecule has 0 saturated heterocycles. The number of hydrogen-bond acceptors (Lipinski definition) is 5. The third-order valence-corrected chi connectivity index (χ3v) is 6.66. The van der Waals surface area contributed by atoms with Gasteiger partial charge in [0.15, 0.2) is 0 Å². The molecule has 2 heterocycles. The van der Waals surface area contributed by atoms with Crippen LogP contribution in [0.4, 0.5) is 5.95 Å². The predicted molar refractivity (Wildman–Crippen MR) is 157 cm³/mol. The first-order valence-electron chi connectivity index (χ1n) is 13.0. The lowest BCUT2D eigenvalue weighted by atomic mass is 9.97. The van der Waals surface area contributed by atoms with Crippen LogP contribution >= 0.6 is 12.4 Å². The van der Waals surface area contributed by atoms with Crippen LogP contribution in [-0.2, 0) is 0 Å². The minimum atomic E-state index is 0. The Labute approximate surface area is 227 Å². The third-order valence-electron chi connectivity index (χ3n) is 6.66. The summed E-state index contributed by atoms with van der Waals surface area (Å²) < 4.78 is 0. The van der Waals surface area contributed by atoms with Gasteiger partial charge in [0.05, 0.1) is 5.69 Å². The Balaban J connectivity index is 0.000000413. The second-order valence-electron chi connectivity index (χ2n) is 9.65. The lowest BCUT2D eigenvalue weighted by molar-refractivity contribution is 0.441. The van der Waals surface area contributed by atoms with E-state index in [0.717, 1.165) is 28.9 Å². The van der Waals surface area contributed by atoms with Crippen LogP contribution < -0.4 is 11.1 Å². The fourth-order valence-corrected chi connectivity index (χ4v) is 4.50. The zero-order valence-electron chi connectivity index (χ0n) is 21.8. The largest absolute Gasteiger partial charge is 0.354 e. The molecule has 0 aliphatic heterocycles. The fourth-order valence-electron chi connectivity index (χ4n) is 4.50. The van der Waals surface area contributed by atoms with Crippen molar-refractivity contribution in [3.8, 4) is 22.4 Å². The molecule has 2 aromatic carbocycles. The lowest BCUT2D eigenvalue weighted by Gasteiger charge is -2.15. The quantitative estimate of drug-likeness (QED) is 0.279. The molecule has 2 aromatic heterocycles. The van der Waals surface area contributed by atoms with Crippen molar-refractivity contribution in [1.82, 2.24) is 15.0 Å². The van der Waals surface area contributed by atoms with Gasteiger partial charge in [-0.1, -0.05) is 86.3 Å². The highest BCUT2D eigenvalue weighted by Gasteiger charge is 2.13. The Morgan fingerprint density at radius 2 is 1.65 bits per heavy atom. The molecule has 1 atom stereocenters. The molecule has 37 heavy (non-hydrogen) atoms. The Kier molecular flexibility index (Phi) is 11.1. The first kappa shape index (κ1) is 28.3. The van der Waals surface area contributed by atoms with Crippen molar-refractivity contribution in [3.63, 3.8) is 0 Å². The number of hydrogen-bond donors (Lipinski definition) is 2. The molecule has 1 unspecified atom stereocenters. The normalized spacial score (nSPS) is 14.0. The summed E-state index contributed by atoms with van der Waals surface area (Å²) in [6.45, 7) is 5.06. The highest BCUT2D eigenvalue weighted by molar-refractivity contribution is 5.85. The monoisotopic (exact) mass is 515 g/mol. The number of aromatic nitrogens is 3. The van der Waals surface area contributed by atoms with Crippen LogP contribution in [0.5, 0.6) is 0 Å². The Morgan fingerprint density at radius 3 is 2.30 bits per heavy atom. The van der Waals surface area contributed by atoms with Gasteiger partial charge in [0.2, 0.25) is 5.95 Å². The molecule has 5 nitrogen and oxygen atoms in total. The zero-order valence-corrected chi connectivity index (χ0v) is 22.6. The molecule has 0 radical (unpaired) electrons. The van der Waals surface area contributed by atoms with Gasteiger partial charge in [-0.15, -0.1) is 12.4 Å². The zero-order chi connectivity index (χ0) is 25.2. The molecule has 1 aliphatic carbocycles. The van der Waals surface area contributed by atoms with Gasteiger partial charge >= 0.3 is 0 Å². The van der Waals surface area contributed by atoms with Crippen molar-refractivity contribution in [1.29, 1.82) is 0 Å². The van der Waals surface area contributed by atoms with Crippen LogP contribution in [0.15, 0.2) is 85.3 Å². The van der Waals surface area contributed by atoms with Crippen molar-refractivity contribution < 1.29 is 0 Å². The minimum Gasteiger partial charge on any atom is -0.354 e. The Hall–Kier alpha value is -3.28. The average molecular weight is 516 g/mol. The molecule has 1 saturated carbocycles. The van der Waals surface area contributed by atoms with Crippen molar-refractivity contribution in [2.45, 2.75) is 57.9 Å². The number of pyridine rings is 1. The average Bonchev–Trinajstić information content (AvgIpc) is 2.93. The molecule has 194 valence electrons. The van der Waals surface area contributed by atoms with E-state index in [9.17, 15) is 0 Å². The second kappa shape index (κ2) is 14.5. The highest BCUT2D eigenvalue weighted by Crippen LogP contribution is 2.31. The van der Waals surface area contributed by atoms with Crippen molar-refractivity contribution in [2.75, 3.05) is 11.9 Å². The second-order valence-corrected chi connectivity index (χ2v) is 9.65. The molecule has 5 rings (SSSR count). The predicted octanol–water partition coefficient (Wildman–Crippen LogP) is 7.43. The molecular weight excluding hydrogens is 478 g/mol. The van der Waals surface area contributed by atoms with Crippen LogP contribution in [0.1, 0.15) is 56.1 Å². The van der Waals surface area contributed by atoms with E-state index >= 15 is 0 Å². The smallest absolute Gasteiger partial charge is 0.223 e. The van der Waals surface area contributed by atoms with Crippen LogP contribution in [0.2, 0.25) is 0 Å². The standard InChI is InChI=1S/C25H24N4.C6H13N.ClH/c1-18-7-6-10-22(15-18)23-17-28-25(29-24(23)21-11-13-26-14-12-21)27-16-19(2)20-8-4-3-5-9-20;7-6-4-2-1-3-5-6;/h3-15,17,19H,16H2,1-2H3,(H,27,28,29);6H,1-5,7H2;1H. The van der Waals surface area contributed by atoms with Gasteiger partial charge in [0.25, 0.3) is 0 Å². The van der Waals surface area contributed by atoms with Crippen LogP contribution in [0.25, 0.3) is 22.4 Å². The number of nitrogens with two attached hydrogens (primary N) is 1. The van der Waals surface area contributed by atoms with Crippen LogP contribution in [-0.4, -0.2) is 27.5 Å². The van der Waals surface area contributed by atoms with Gasteiger partial charge in [0, 0.05) is 42.3 Å². The van der Waals surface area contributed by atoms with Gasteiger partial charge < -0.3 is 11.1 Å². The van der Waals surface area contributed by atoms with E-state index in [2.05, 4.69) is 77.7 Å². The number of halogens is 1. The summed E-state index contributed by atoms with van der Waals surface area (Å²) in [6, 6.07) is 23.4. The van der Waals surface area contributed by atoms with Crippen molar-refractivity contribution in [2.24, 2.45) is 5.73 Å². The van der Waals surface area contributed by atoms with Crippen LogP contribution in [0.3, 0.4) is 0 Å². The third kappa shape index (κ3) is 8.38. The number of benzene rings is 2. The summed E-state index contributed by atoms with van der Waals surface area (Å²) in [7, 11) is 0. The lowest BCUT2D eigenvalue weighted by Crippen LogP contribution is -2.22. The molecule has 6 heteroatoms. The van der Waals surface area contributed by atoms with Gasteiger partial charge in [-0.25, -0.2) is 9.97 Å². The first-order valence-corrected chi connectivity index (χ1v) is 13.0. The molecule has 0 amide bonds. The number of anilines is 1. The molecule has 1 fully saturated rings. The summed E-state index contributed by atoms with van der Waals surface area (Å²) in [5.74, 6) is 0.997. The maximum absolute atomic E-state index is 5.63. The van der Waals surface area contributed by atoms with E-state index in [1.54, 1.807) is 12.4 Å². The Bertz CT molecular complexity index is 1210. The summed E-state index contributed by atoms with van der Waals surface area (Å²) in [4.78, 5) is 13.6. The van der Waals surface area contributed by atoms with Gasteiger partial charge in [0.1, 0.15) is 0 Å². The summed E-state index contributed by atoms with van der Waals surface area (Å²) >= 11 is 0. The number of nitrogens with zero attached hydrogens (tertiary/aromatic N) is 3. The maximum atomic E-state index is 5.63. The topological polar surface area (TPSA) is 76.7 Å². The van der Waals surface area contributed by atoms with E-state index in [-0.39, 0.29) is 12.4 Å². The van der Waals surface area contributed by atoms with Crippen molar-refractivity contribution >= 4 is 18.4 Å². The maximum Gasteiger partial charge on any atom is 0.223 e. The van der Waals surface area contributed by atoms with E-state index < -0.39 is 0 Å². The van der Waals surface area contributed by atoms with E-state index in [1.807, 2.05) is 24.4 Å². The van der Waals surface area contributed by atoms with Crippen molar-refractivity contribution in [3.05, 3.63) is 96.4 Å². The SMILES string of the molecule is Cc1cccc(-c2cnc(NCC(C)c3ccccc3)nc2-c2ccncc2)c1.Cl.NC1CCCCC1. The molecular formula is C31H38ClN5. The molecule has 0 bridgehead atoms. The number of rotatable bonds is 6. The molecule has 3 N–H and O–H groups in total. The molecule has 4 aromatic rings. The highest BCUT2D eigenvalue weighted by atomic mass is 35.5. The fraction of sp³-hybridized carbons (Fsp3) is 0.323. The minimum absolute atomic E-state index is 0. The van der Waals surface area contributed by atoms with Gasteiger partial charge in [-0.2, -0.15) is 0 Å². The van der Waals surface area contributed by atoms with Gasteiger partial charge in [-0.05, 0) is 48.9 Å². The van der Waals surface area contributed by atoms with Crippen LogP contribution in [0, 0.1) is 6.92 Å². The van der Waals surface area contributed by atoms with E-state index in [4.69, 9.17) is 10.7 Å². The number of aryl methyl sites for hydroxylation is 1. The van der Waals surface area contributed by atoms with Gasteiger partial charge in [-0.3, -0.25) is 4.98 Å². The first-order chi connectivity index (χ1) is 17.6. The van der Waals surface area contributed by atoms with E-state index in [1.165, 1.54) is 43.2 Å². The summed E-state index contributed by atoms with van der Waals surface area (Å²) in [5.41, 5.74) is 12.2. The number of nitrogens with one attached hydrogen (secondary N) is 1. The summed E-state index contributed by atoms with van der Waals surface area (Å²) in [6.07, 6.45) is 12.2. The summed E-state index contributed by atoms with van der Waals surface area (Å²) in [5, 5.41) is 3.41. The Morgan fingerprint density at radius 1 is 0.919 bits per heavy atom. The molecule has 1 aliphatic rings.